The number of hydrogen-bond acceptors (Lipinski definition) is 4. The van der Waals surface area contributed by atoms with Crippen LogP contribution in [0.5, 0.6) is 5.75 Å². The van der Waals surface area contributed by atoms with Crippen molar-refractivity contribution in [3.8, 4) is 5.75 Å². The maximum absolute atomic E-state index is 11.5. The Balaban J connectivity index is 1.95. The van der Waals surface area contributed by atoms with Gasteiger partial charge in [-0.3, -0.25) is 0 Å². The Hall–Kier alpha value is -1.75. The maximum atomic E-state index is 11.5. The normalized spacial score (nSPS) is 19.5. The molecule has 0 radical (unpaired) electrons. The van der Waals surface area contributed by atoms with Gasteiger partial charge in [-0.15, -0.1) is 0 Å². The van der Waals surface area contributed by atoms with Crippen molar-refractivity contribution in [2.45, 2.75) is 19.1 Å². The van der Waals surface area contributed by atoms with Gasteiger partial charge in [-0.1, -0.05) is 12.1 Å². The molecule has 5 heteroatoms. The van der Waals surface area contributed by atoms with Crippen LogP contribution in [-0.2, 0) is 11.3 Å². The topological polar surface area (TPSA) is 75.8 Å². The molecule has 1 saturated heterocycles. The van der Waals surface area contributed by atoms with Gasteiger partial charge in [-0.2, -0.15) is 0 Å². The van der Waals surface area contributed by atoms with Crippen molar-refractivity contribution >= 4 is 6.09 Å². The van der Waals surface area contributed by atoms with E-state index in [9.17, 15) is 4.79 Å². The van der Waals surface area contributed by atoms with Crippen LogP contribution in [0.1, 0.15) is 12.0 Å². The molecule has 0 bridgehead atoms. The average Bonchev–Trinajstić information content (AvgIpc) is 2.63. The first-order valence-corrected chi connectivity index (χ1v) is 5.62. The van der Waals surface area contributed by atoms with Gasteiger partial charge in [-0.05, 0) is 30.7 Å². The molecule has 1 aromatic rings. The number of rotatable bonds is 4. The lowest BCUT2D eigenvalue weighted by atomic mass is 10.2. The van der Waals surface area contributed by atoms with Crippen molar-refractivity contribution < 1.29 is 14.6 Å². The Morgan fingerprint density at radius 3 is 2.76 bits per heavy atom. The number of ether oxygens (including phenoxy) is 1. The fraction of sp³-hybridized carbons (Fsp3) is 0.417. The highest BCUT2D eigenvalue weighted by Gasteiger charge is 2.30. The fourth-order valence-electron chi connectivity index (χ4n) is 1.86. The summed E-state index contributed by atoms with van der Waals surface area (Å²) in [6.45, 7) is 1.60. The molecular weight excluding hydrogens is 220 g/mol. The van der Waals surface area contributed by atoms with Gasteiger partial charge in [0, 0.05) is 6.54 Å². The van der Waals surface area contributed by atoms with Crippen LogP contribution in [0.4, 0.5) is 4.79 Å². The number of carbonyl (C=O) groups excluding carboxylic acids is 1. The predicted molar refractivity (Wildman–Crippen MR) is 62.5 cm³/mol. The molecule has 1 aliphatic rings. The first-order valence-electron chi connectivity index (χ1n) is 5.62. The number of carbonyl (C=O) groups is 1. The third-order valence-corrected chi connectivity index (χ3v) is 2.75. The summed E-state index contributed by atoms with van der Waals surface area (Å²) in [5, 5.41) is 9.16. The summed E-state index contributed by atoms with van der Waals surface area (Å²) in [5.74, 6) is 0.221. The van der Waals surface area contributed by atoms with Crippen LogP contribution in [0, 0.1) is 0 Å². The third kappa shape index (κ3) is 2.88. The summed E-state index contributed by atoms with van der Waals surface area (Å²) in [5.41, 5.74) is 6.40. The molecule has 1 aliphatic heterocycles. The molecule has 0 aliphatic carbocycles. The number of aromatic hydroxyl groups is 1. The summed E-state index contributed by atoms with van der Waals surface area (Å²) in [7, 11) is 0. The molecule has 5 nitrogen and oxygen atoms in total. The summed E-state index contributed by atoms with van der Waals surface area (Å²) >= 11 is 0. The summed E-state index contributed by atoms with van der Waals surface area (Å²) in [6, 6.07) is 6.79. The third-order valence-electron chi connectivity index (χ3n) is 2.75. The lowest BCUT2D eigenvalue weighted by Crippen LogP contribution is -2.25. The van der Waals surface area contributed by atoms with Crippen LogP contribution in [0.15, 0.2) is 24.3 Å². The molecular formula is C12H16N2O3. The van der Waals surface area contributed by atoms with E-state index in [1.807, 2.05) is 0 Å². The Bertz CT molecular complexity index is 391. The van der Waals surface area contributed by atoms with E-state index in [0.29, 0.717) is 26.1 Å². The summed E-state index contributed by atoms with van der Waals surface area (Å²) < 4.78 is 5.17. The maximum Gasteiger partial charge on any atom is 0.410 e. The van der Waals surface area contributed by atoms with Crippen LogP contribution < -0.4 is 5.73 Å². The van der Waals surface area contributed by atoms with Crippen molar-refractivity contribution in [3.63, 3.8) is 0 Å². The van der Waals surface area contributed by atoms with E-state index in [2.05, 4.69) is 0 Å². The van der Waals surface area contributed by atoms with Gasteiger partial charge in [0.1, 0.15) is 11.9 Å². The molecule has 2 rings (SSSR count). The highest BCUT2D eigenvalue weighted by atomic mass is 16.6. The lowest BCUT2D eigenvalue weighted by molar-refractivity contribution is 0.129. The van der Waals surface area contributed by atoms with E-state index < -0.39 is 0 Å². The quantitative estimate of drug-likeness (QED) is 0.819. The molecule has 3 N–H and O–H groups in total. The number of cyclic esters (lactones) is 1. The molecule has 1 heterocycles. The number of phenols is 1. The van der Waals surface area contributed by atoms with Crippen molar-refractivity contribution in [2.75, 3.05) is 13.1 Å². The number of nitrogens with two attached hydrogens (primary N) is 1. The molecule has 92 valence electrons. The van der Waals surface area contributed by atoms with E-state index >= 15 is 0 Å². The molecule has 1 amide bonds. The standard InChI is InChI=1S/C12H16N2O3/c13-6-5-11-8-14(12(16)17-11)7-9-1-3-10(15)4-2-9/h1-4,11,15H,5-8,13H2. The molecule has 0 spiro atoms. The van der Waals surface area contributed by atoms with Crippen LogP contribution in [0.3, 0.4) is 0 Å². The minimum Gasteiger partial charge on any atom is -0.508 e. The number of amides is 1. The van der Waals surface area contributed by atoms with Crippen LogP contribution in [-0.4, -0.2) is 35.3 Å². The summed E-state index contributed by atoms with van der Waals surface area (Å²) in [6.07, 6.45) is 0.304. The number of phenolic OH excluding ortho intramolecular Hbond substituents is 1. The van der Waals surface area contributed by atoms with E-state index in [1.165, 1.54) is 0 Å². The molecule has 0 aromatic heterocycles. The first kappa shape index (κ1) is 11.7. The molecule has 1 aromatic carbocycles. The second kappa shape index (κ2) is 5.05. The lowest BCUT2D eigenvalue weighted by Gasteiger charge is -2.12. The molecule has 0 saturated carbocycles. The highest BCUT2D eigenvalue weighted by molar-refractivity contribution is 5.69. The highest BCUT2D eigenvalue weighted by Crippen LogP contribution is 2.18. The molecule has 1 atom stereocenters. The largest absolute Gasteiger partial charge is 0.508 e. The number of hydrogen-bond donors (Lipinski definition) is 2. The Morgan fingerprint density at radius 1 is 1.41 bits per heavy atom. The van der Waals surface area contributed by atoms with Gasteiger partial charge in [0.2, 0.25) is 0 Å². The van der Waals surface area contributed by atoms with Crippen molar-refractivity contribution in [1.82, 2.24) is 4.90 Å². The van der Waals surface area contributed by atoms with Crippen LogP contribution >= 0.6 is 0 Å². The van der Waals surface area contributed by atoms with Crippen molar-refractivity contribution in [1.29, 1.82) is 0 Å². The smallest absolute Gasteiger partial charge is 0.410 e. The van der Waals surface area contributed by atoms with E-state index in [-0.39, 0.29) is 17.9 Å². The zero-order valence-electron chi connectivity index (χ0n) is 9.50. The fourth-order valence-corrected chi connectivity index (χ4v) is 1.86. The van der Waals surface area contributed by atoms with Crippen LogP contribution in [0.25, 0.3) is 0 Å². The SMILES string of the molecule is NCCC1CN(Cc2ccc(O)cc2)C(=O)O1. The zero-order valence-corrected chi connectivity index (χ0v) is 9.50. The first-order chi connectivity index (χ1) is 8.19. The monoisotopic (exact) mass is 236 g/mol. The Morgan fingerprint density at radius 2 is 2.12 bits per heavy atom. The number of benzene rings is 1. The Kier molecular flexibility index (Phi) is 3.49. The van der Waals surface area contributed by atoms with Gasteiger partial charge < -0.3 is 20.5 Å². The van der Waals surface area contributed by atoms with Gasteiger partial charge in [-0.25, -0.2) is 4.79 Å². The minimum absolute atomic E-state index is 0.0929. The van der Waals surface area contributed by atoms with Gasteiger partial charge in [0.15, 0.2) is 0 Å². The van der Waals surface area contributed by atoms with E-state index in [4.69, 9.17) is 15.6 Å². The predicted octanol–water partition coefficient (Wildman–Crippen LogP) is 1.06. The van der Waals surface area contributed by atoms with Crippen molar-refractivity contribution in [2.24, 2.45) is 5.73 Å². The van der Waals surface area contributed by atoms with Gasteiger partial charge >= 0.3 is 6.09 Å². The van der Waals surface area contributed by atoms with Crippen LogP contribution in [0.2, 0.25) is 0 Å². The molecule has 17 heavy (non-hydrogen) atoms. The van der Waals surface area contributed by atoms with Gasteiger partial charge in [0.25, 0.3) is 0 Å². The van der Waals surface area contributed by atoms with Gasteiger partial charge in [0.05, 0.1) is 6.54 Å². The van der Waals surface area contributed by atoms with E-state index in [0.717, 1.165) is 5.56 Å². The second-order valence-electron chi connectivity index (χ2n) is 4.13. The van der Waals surface area contributed by atoms with Crippen molar-refractivity contribution in [3.05, 3.63) is 29.8 Å². The number of nitrogens with zero attached hydrogens (tertiary/aromatic N) is 1. The second-order valence-corrected chi connectivity index (χ2v) is 4.13. The zero-order chi connectivity index (χ0) is 12.3. The molecule has 1 unspecified atom stereocenters. The molecule has 1 fully saturated rings. The van der Waals surface area contributed by atoms with E-state index in [1.54, 1.807) is 29.2 Å². The Labute approximate surface area is 99.8 Å². The summed E-state index contributed by atoms with van der Waals surface area (Å²) in [4.78, 5) is 13.2. The minimum atomic E-state index is -0.295. The average molecular weight is 236 g/mol.